The van der Waals surface area contributed by atoms with E-state index < -0.39 is 28.2 Å². The molecule has 0 spiro atoms. The van der Waals surface area contributed by atoms with Crippen LogP contribution in [0.15, 0.2) is 35.9 Å². The van der Waals surface area contributed by atoms with Crippen LogP contribution < -0.4 is 15.4 Å². The second-order valence-corrected chi connectivity index (χ2v) is 11.5. The predicted octanol–water partition coefficient (Wildman–Crippen LogP) is 4.09. The van der Waals surface area contributed by atoms with Crippen molar-refractivity contribution in [2.75, 3.05) is 34.0 Å². The van der Waals surface area contributed by atoms with Gasteiger partial charge in [0.25, 0.3) is 0 Å². The van der Waals surface area contributed by atoms with Gasteiger partial charge < -0.3 is 25.4 Å². The number of aliphatic carboxylic acids is 1. The SMILES string of the molecule is CCC.CNC(C(=O)NC(C(=O)N(C)C/C=C(\C)C(=O)O)C(C)(C)SC)C(C)(C)c1ccc(OC)cc1. The first-order chi connectivity index (χ1) is 17.1. The Bertz CT molecular complexity index is 913. The first-order valence-electron chi connectivity index (χ1n) is 12.5. The number of benzene rings is 1. The molecule has 2 unspecified atom stereocenters. The lowest BCUT2D eigenvalue weighted by molar-refractivity contribution is -0.136. The van der Waals surface area contributed by atoms with E-state index in [4.69, 9.17) is 9.84 Å². The van der Waals surface area contributed by atoms with Crippen molar-refractivity contribution in [3.05, 3.63) is 41.5 Å². The summed E-state index contributed by atoms with van der Waals surface area (Å²) >= 11 is 1.47. The highest BCUT2D eigenvalue weighted by molar-refractivity contribution is 8.00. The van der Waals surface area contributed by atoms with Crippen molar-refractivity contribution in [1.29, 1.82) is 0 Å². The molecule has 0 heterocycles. The number of likely N-dealkylation sites (N-methyl/N-ethyl adjacent to an activating group) is 2. The molecule has 3 N–H and O–H groups in total. The lowest BCUT2D eigenvalue weighted by atomic mass is 9.77. The van der Waals surface area contributed by atoms with E-state index in [9.17, 15) is 14.4 Å². The van der Waals surface area contributed by atoms with Crippen LogP contribution in [0.3, 0.4) is 0 Å². The van der Waals surface area contributed by atoms with Gasteiger partial charge in [0.1, 0.15) is 11.8 Å². The fourth-order valence-corrected chi connectivity index (χ4v) is 3.95. The molecule has 0 saturated carbocycles. The van der Waals surface area contributed by atoms with Gasteiger partial charge >= 0.3 is 5.97 Å². The van der Waals surface area contributed by atoms with Gasteiger partial charge in [0.05, 0.1) is 13.2 Å². The molecule has 0 aliphatic carbocycles. The Morgan fingerprint density at radius 3 is 2.03 bits per heavy atom. The van der Waals surface area contributed by atoms with Crippen molar-refractivity contribution in [3.63, 3.8) is 0 Å². The number of carbonyl (C=O) groups is 3. The van der Waals surface area contributed by atoms with Gasteiger partial charge in [-0.2, -0.15) is 11.8 Å². The van der Waals surface area contributed by atoms with Crippen LogP contribution in [0.5, 0.6) is 5.75 Å². The number of methoxy groups -OCH3 is 1. The molecule has 0 saturated heterocycles. The average molecular weight is 538 g/mol. The molecule has 8 nitrogen and oxygen atoms in total. The summed E-state index contributed by atoms with van der Waals surface area (Å²) in [6.45, 7) is 13.6. The quantitative estimate of drug-likeness (QED) is 0.345. The Hall–Kier alpha value is -2.52. The van der Waals surface area contributed by atoms with Crippen LogP contribution in [0.25, 0.3) is 0 Å². The first-order valence-corrected chi connectivity index (χ1v) is 13.7. The van der Waals surface area contributed by atoms with E-state index in [1.165, 1.54) is 36.1 Å². The maximum atomic E-state index is 13.5. The van der Waals surface area contributed by atoms with E-state index >= 15 is 0 Å². The Kier molecular flexibility index (Phi) is 14.6. The summed E-state index contributed by atoms with van der Waals surface area (Å²) < 4.78 is 4.64. The summed E-state index contributed by atoms with van der Waals surface area (Å²) in [4.78, 5) is 39.4. The largest absolute Gasteiger partial charge is 0.497 e. The van der Waals surface area contributed by atoms with Crippen LogP contribution in [0.2, 0.25) is 0 Å². The van der Waals surface area contributed by atoms with Gasteiger partial charge in [0.15, 0.2) is 0 Å². The minimum Gasteiger partial charge on any atom is -0.497 e. The highest BCUT2D eigenvalue weighted by atomic mass is 32.2. The fourth-order valence-electron chi connectivity index (χ4n) is 3.55. The number of rotatable bonds is 12. The molecule has 9 heteroatoms. The summed E-state index contributed by atoms with van der Waals surface area (Å²) in [5.41, 5.74) is 0.511. The summed E-state index contributed by atoms with van der Waals surface area (Å²) in [5.74, 6) is -0.894. The van der Waals surface area contributed by atoms with Gasteiger partial charge in [-0.15, -0.1) is 0 Å². The molecule has 0 aromatic heterocycles. The Labute approximate surface area is 227 Å². The molecular formula is C28H47N3O5S. The monoisotopic (exact) mass is 537 g/mol. The second kappa shape index (κ2) is 15.7. The van der Waals surface area contributed by atoms with Crippen molar-refractivity contribution >= 4 is 29.5 Å². The number of hydrogen-bond acceptors (Lipinski definition) is 6. The number of hydrogen-bond donors (Lipinski definition) is 3. The maximum absolute atomic E-state index is 13.5. The number of ether oxygens (including phenoxy) is 1. The Balaban J connectivity index is 0.00000410. The Morgan fingerprint density at radius 1 is 1.11 bits per heavy atom. The third kappa shape index (κ3) is 10.0. The second-order valence-electron chi connectivity index (χ2n) is 10.0. The highest BCUT2D eigenvalue weighted by Gasteiger charge is 2.42. The molecule has 0 radical (unpaired) electrons. The van der Waals surface area contributed by atoms with E-state index in [-0.39, 0.29) is 23.9 Å². The molecule has 0 bridgehead atoms. The van der Waals surface area contributed by atoms with Crippen molar-refractivity contribution in [3.8, 4) is 5.75 Å². The van der Waals surface area contributed by atoms with Gasteiger partial charge in [-0.3, -0.25) is 9.59 Å². The highest BCUT2D eigenvalue weighted by Crippen LogP contribution is 2.31. The number of carbonyl (C=O) groups excluding carboxylic acids is 2. The normalized spacial score (nSPS) is 13.5. The van der Waals surface area contributed by atoms with Crippen molar-refractivity contribution in [2.24, 2.45) is 0 Å². The number of carboxylic acids is 1. The van der Waals surface area contributed by atoms with E-state index in [1.807, 2.05) is 58.2 Å². The molecule has 0 aliphatic rings. The molecule has 1 rings (SSSR count). The molecule has 0 fully saturated rings. The molecule has 2 amide bonds. The molecule has 2 atom stereocenters. The van der Waals surface area contributed by atoms with Crippen LogP contribution >= 0.6 is 11.8 Å². The zero-order valence-electron chi connectivity index (χ0n) is 24.4. The topological polar surface area (TPSA) is 108 Å². The van der Waals surface area contributed by atoms with Crippen molar-refractivity contribution < 1.29 is 24.2 Å². The number of nitrogens with one attached hydrogen (secondary N) is 2. The van der Waals surface area contributed by atoms with Gasteiger partial charge in [0.2, 0.25) is 11.8 Å². The summed E-state index contributed by atoms with van der Waals surface area (Å²) in [6, 6.07) is 6.12. The number of thioether (sulfide) groups is 1. The van der Waals surface area contributed by atoms with Gasteiger partial charge in [-0.05, 0) is 51.8 Å². The molecular weight excluding hydrogens is 490 g/mol. The molecule has 37 heavy (non-hydrogen) atoms. The zero-order valence-corrected chi connectivity index (χ0v) is 25.2. The van der Waals surface area contributed by atoms with E-state index in [1.54, 1.807) is 21.2 Å². The minimum absolute atomic E-state index is 0.126. The number of amides is 2. The molecule has 0 aliphatic heterocycles. The van der Waals surface area contributed by atoms with E-state index in [0.717, 1.165) is 11.3 Å². The van der Waals surface area contributed by atoms with E-state index in [0.29, 0.717) is 0 Å². The van der Waals surface area contributed by atoms with Gasteiger partial charge in [-0.1, -0.05) is 52.3 Å². The smallest absolute Gasteiger partial charge is 0.331 e. The summed E-state index contributed by atoms with van der Waals surface area (Å²) in [7, 11) is 4.92. The minimum atomic E-state index is -1.03. The molecule has 210 valence electrons. The van der Waals surface area contributed by atoms with Crippen molar-refractivity contribution in [2.45, 2.75) is 77.1 Å². The summed E-state index contributed by atoms with van der Waals surface area (Å²) in [6.07, 6.45) is 4.62. The summed E-state index contributed by atoms with van der Waals surface area (Å²) in [5, 5.41) is 15.2. The van der Waals surface area contributed by atoms with Gasteiger partial charge in [-0.25, -0.2) is 4.79 Å². The lowest BCUT2D eigenvalue weighted by Gasteiger charge is -2.38. The third-order valence-corrected chi connectivity index (χ3v) is 7.53. The van der Waals surface area contributed by atoms with Gasteiger partial charge in [0, 0.05) is 29.3 Å². The molecule has 1 aromatic carbocycles. The van der Waals surface area contributed by atoms with Crippen molar-refractivity contribution in [1.82, 2.24) is 15.5 Å². The lowest BCUT2D eigenvalue weighted by Crippen LogP contribution is -2.62. The Morgan fingerprint density at radius 2 is 1.62 bits per heavy atom. The maximum Gasteiger partial charge on any atom is 0.331 e. The van der Waals surface area contributed by atoms with Crippen LogP contribution in [-0.2, 0) is 19.8 Å². The average Bonchev–Trinajstić information content (AvgIpc) is 2.85. The number of carboxylic acid groups (broad SMARTS) is 1. The zero-order chi connectivity index (χ0) is 29.0. The van der Waals surface area contributed by atoms with E-state index in [2.05, 4.69) is 24.5 Å². The van der Waals surface area contributed by atoms with Crippen LogP contribution in [0.4, 0.5) is 0 Å². The van der Waals surface area contributed by atoms with Crippen LogP contribution in [-0.4, -0.2) is 78.6 Å². The van der Waals surface area contributed by atoms with Crippen LogP contribution in [0.1, 0.15) is 60.5 Å². The number of nitrogens with zero attached hydrogens (tertiary/aromatic N) is 1. The first kappa shape index (κ1) is 34.5. The third-order valence-electron chi connectivity index (χ3n) is 6.25. The van der Waals surface area contributed by atoms with Crippen LogP contribution in [0, 0.1) is 0 Å². The molecule has 1 aromatic rings. The predicted molar refractivity (Wildman–Crippen MR) is 153 cm³/mol. The standard InChI is InChI=1S/C25H39N3O5S.C3H8/c1-16(23(31)32)14-15-28(7)22(30)20(25(4,5)34-9)27-21(29)19(26-6)24(2,3)17-10-12-18(33-8)13-11-17;1-3-2/h10-14,19-20,26H,15H2,1-9H3,(H,27,29)(H,31,32);3H2,1-2H3/b16-14+;. The fraction of sp³-hybridized carbons (Fsp3) is 0.607.